The molecule has 0 aliphatic carbocycles. The van der Waals surface area contributed by atoms with Crippen LogP contribution in [0, 0.1) is 13.8 Å². The van der Waals surface area contributed by atoms with Gasteiger partial charge in [0.15, 0.2) is 0 Å². The van der Waals surface area contributed by atoms with E-state index in [0.717, 1.165) is 17.0 Å². The van der Waals surface area contributed by atoms with Gasteiger partial charge in [0.2, 0.25) is 0 Å². The first kappa shape index (κ1) is 11.9. The third-order valence-corrected chi connectivity index (χ3v) is 3.55. The summed E-state index contributed by atoms with van der Waals surface area (Å²) in [5, 5.41) is 2.64. The topological polar surface area (TPSA) is 31.4 Å². The fourth-order valence-corrected chi connectivity index (χ4v) is 2.27. The Balaban J connectivity index is 2.53. The van der Waals surface area contributed by atoms with Gasteiger partial charge in [0.05, 0.1) is 19.9 Å². The van der Waals surface area contributed by atoms with E-state index in [-0.39, 0.29) is 0 Å². The fraction of sp³-hybridized carbons (Fsp3) is 0.308. The minimum absolute atomic E-state index is 0.667. The molecule has 1 heterocycles. The molecule has 0 spiro atoms. The predicted octanol–water partition coefficient (Wildman–Crippen LogP) is 3.44. The summed E-state index contributed by atoms with van der Waals surface area (Å²) in [6.07, 6.45) is 0. The molecule has 4 heteroatoms. The number of thiazole rings is 1. The first-order valence-electron chi connectivity index (χ1n) is 5.31. The van der Waals surface area contributed by atoms with E-state index < -0.39 is 0 Å². The molecule has 0 aliphatic rings. The number of aromatic nitrogens is 1. The minimum atomic E-state index is 0.667. The van der Waals surface area contributed by atoms with Crippen LogP contribution < -0.4 is 9.47 Å². The van der Waals surface area contributed by atoms with Crippen LogP contribution in [-0.4, -0.2) is 19.2 Å². The Labute approximate surface area is 105 Å². The summed E-state index contributed by atoms with van der Waals surface area (Å²) in [7, 11) is 3.30. The lowest BCUT2D eigenvalue weighted by atomic mass is 10.0. The molecule has 1 aromatic heterocycles. The van der Waals surface area contributed by atoms with E-state index in [0.29, 0.717) is 5.19 Å². The second kappa shape index (κ2) is 4.75. The molecule has 0 atom stereocenters. The van der Waals surface area contributed by atoms with Crippen molar-refractivity contribution >= 4 is 11.3 Å². The maximum absolute atomic E-state index is 5.40. The number of methoxy groups -OCH3 is 2. The van der Waals surface area contributed by atoms with E-state index in [1.807, 2.05) is 11.4 Å². The largest absolute Gasteiger partial charge is 0.496 e. The van der Waals surface area contributed by atoms with E-state index in [1.54, 1.807) is 14.2 Å². The van der Waals surface area contributed by atoms with Gasteiger partial charge in [0.1, 0.15) is 5.75 Å². The quantitative estimate of drug-likeness (QED) is 0.835. The third-order valence-electron chi connectivity index (χ3n) is 2.75. The smallest absolute Gasteiger partial charge is 0.273 e. The Hall–Kier alpha value is -1.55. The van der Waals surface area contributed by atoms with Crippen LogP contribution in [0.15, 0.2) is 17.5 Å². The Bertz CT molecular complexity index is 534. The van der Waals surface area contributed by atoms with Crippen molar-refractivity contribution in [3.8, 4) is 22.2 Å². The Morgan fingerprint density at radius 3 is 2.35 bits per heavy atom. The number of benzene rings is 1. The van der Waals surface area contributed by atoms with Crippen molar-refractivity contribution in [3.63, 3.8) is 0 Å². The highest BCUT2D eigenvalue weighted by atomic mass is 32.1. The van der Waals surface area contributed by atoms with Crippen molar-refractivity contribution in [3.05, 3.63) is 28.6 Å². The summed E-state index contributed by atoms with van der Waals surface area (Å²) >= 11 is 1.48. The minimum Gasteiger partial charge on any atom is -0.496 e. The van der Waals surface area contributed by atoms with E-state index in [9.17, 15) is 0 Å². The highest BCUT2D eigenvalue weighted by Crippen LogP contribution is 2.34. The molecule has 0 fully saturated rings. The molecule has 0 aliphatic heterocycles. The summed E-state index contributed by atoms with van der Waals surface area (Å²) in [6.45, 7) is 4.16. The summed E-state index contributed by atoms with van der Waals surface area (Å²) in [4.78, 5) is 4.39. The van der Waals surface area contributed by atoms with Crippen LogP contribution in [0.4, 0.5) is 0 Å². The lowest BCUT2D eigenvalue weighted by Crippen LogP contribution is -1.92. The standard InChI is InChI=1S/C13H15NO2S/c1-8-5-10(12(15-3)6-9(8)2)11-7-17-13(14-11)16-4/h5-7H,1-4H3. The molecule has 0 bridgehead atoms. The second-order valence-electron chi connectivity index (χ2n) is 3.84. The predicted molar refractivity (Wildman–Crippen MR) is 70.1 cm³/mol. The molecule has 0 unspecified atom stereocenters. The lowest BCUT2D eigenvalue weighted by Gasteiger charge is -2.09. The number of aryl methyl sites for hydroxylation is 2. The summed E-state index contributed by atoms with van der Waals surface area (Å²) in [6, 6.07) is 4.14. The maximum atomic E-state index is 5.40. The molecular formula is C13H15NO2S. The number of ether oxygens (including phenoxy) is 2. The van der Waals surface area contributed by atoms with E-state index in [2.05, 4.69) is 24.9 Å². The number of rotatable bonds is 3. The van der Waals surface area contributed by atoms with Gasteiger partial charge in [-0.15, -0.1) is 0 Å². The molecule has 17 heavy (non-hydrogen) atoms. The molecule has 0 N–H and O–H groups in total. The van der Waals surface area contributed by atoms with Crippen LogP contribution in [0.25, 0.3) is 11.3 Å². The highest BCUT2D eigenvalue weighted by Gasteiger charge is 2.11. The molecule has 2 aromatic rings. The molecule has 0 saturated heterocycles. The normalized spacial score (nSPS) is 10.4. The lowest BCUT2D eigenvalue weighted by molar-refractivity contribution is 0.411. The first-order chi connectivity index (χ1) is 8.15. The van der Waals surface area contributed by atoms with Gasteiger partial charge in [0.25, 0.3) is 5.19 Å². The van der Waals surface area contributed by atoms with E-state index in [4.69, 9.17) is 9.47 Å². The van der Waals surface area contributed by atoms with E-state index in [1.165, 1.54) is 22.5 Å². The van der Waals surface area contributed by atoms with Crippen molar-refractivity contribution < 1.29 is 9.47 Å². The van der Waals surface area contributed by atoms with Crippen molar-refractivity contribution in [2.45, 2.75) is 13.8 Å². The monoisotopic (exact) mass is 249 g/mol. The molecule has 90 valence electrons. The van der Waals surface area contributed by atoms with Crippen LogP contribution in [0.1, 0.15) is 11.1 Å². The summed E-state index contributed by atoms with van der Waals surface area (Å²) in [5.74, 6) is 0.848. The number of hydrogen-bond acceptors (Lipinski definition) is 4. The van der Waals surface area contributed by atoms with E-state index >= 15 is 0 Å². The van der Waals surface area contributed by atoms with Gasteiger partial charge in [-0.2, -0.15) is 0 Å². The van der Waals surface area contributed by atoms with Crippen molar-refractivity contribution in [2.75, 3.05) is 14.2 Å². The Kier molecular flexibility index (Phi) is 3.33. The molecule has 2 rings (SSSR count). The zero-order chi connectivity index (χ0) is 12.4. The average Bonchev–Trinajstić information content (AvgIpc) is 2.80. The van der Waals surface area contributed by atoms with Crippen LogP contribution in [-0.2, 0) is 0 Å². The molecule has 1 aromatic carbocycles. The average molecular weight is 249 g/mol. The zero-order valence-electron chi connectivity index (χ0n) is 10.4. The van der Waals surface area contributed by atoms with Crippen molar-refractivity contribution in [1.29, 1.82) is 0 Å². The van der Waals surface area contributed by atoms with Gasteiger partial charge in [-0.1, -0.05) is 11.3 Å². The summed E-state index contributed by atoms with van der Waals surface area (Å²) < 4.78 is 10.5. The third kappa shape index (κ3) is 2.26. The SMILES string of the molecule is COc1nc(-c2cc(C)c(C)cc2OC)cs1. The Morgan fingerprint density at radius 2 is 1.76 bits per heavy atom. The zero-order valence-corrected chi connectivity index (χ0v) is 11.2. The van der Waals surface area contributed by atoms with Crippen LogP contribution in [0.3, 0.4) is 0 Å². The molecular weight excluding hydrogens is 234 g/mol. The number of hydrogen-bond donors (Lipinski definition) is 0. The van der Waals surface area contributed by atoms with Crippen LogP contribution in [0.2, 0.25) is 0 Å². The molecule has 3 nitrogen and oxygen atoms in total. The summed E-state index contributed by atoms with van der Waals surface area (Å²) in [5.41, 5.74) is 4.35. The molecule has 0 amide bonds. The van der Waals surface area contributed by atoms with Gasteiger partial charge in [0, 0.05) is 10.9 Å². The second-order valence-corrected chi connectivity index (χ2v) is 4.66. The van der Waals surface area contributed by atoms with Crippen LogP contribution in [0.5, 0.6) is 10.9 Å². The van der Waals surface area contributed by atoms with Gasteiger partial charge in [-0.3, -0.25) is 0 Å². The van der Waals surface area contributed by atoms with Gasteiger partial charge < -0.3 is 9.47 Å². The molecule has 0 saturated carbocycles. The highest BCUT2D eigenvalue weighted by molar-refractivity contribution is 7.11. The van der Waals surface area contributed by atoms with Gasteiger partial charge in [-0.05, 0) is 37.1 Å². The molecule has 0 radical (unpaired) electrons. The number of nitrogens with zero attached hydrogens (tertiary/aromatic N) is 1. The first-order valence-corrected chi connectivity index (χ1v) is 6.18. The van der Waals surface area contributed by atoms with Gasteiger partial charge in [-0.25, -0.2) is 4.98 Å². The van der Waals surface area contributed by atoms with Crippen molar-refractivity contribution in [1.82, 2.24) is 4.98 Å². The van der Waals surface area contributed by atoms with Crippen molar-refractivity contribution in [2.24, 2.45) is 0 Å². The fourth-order valence-electron chi connectivity index (χ4n) is 1.63. The maximum Gasteiger partial charge on any atom is 0.273 e. The Morgan fingerprint density at radius 1 is 1.06 bits per heavy atom. The van der Waals surface area contributed by atoms with Crippen LogP contribution >= 0.6 is 11.3 Å². The van der Waals surface area contributed by atoms with Gasteiger partial charge >= 0.3 is 0 Å².